The summed E-state index contributed by atoms with van der Waals surface area (Å²) in [4.78, 5) is 24.8. The number of likely N-dealkylation sites (tertiary alicyclic amines) is 1. The van der Waals surface area contributed by atoms with Crippen molar-refractivity contribution in [2.45, 2.75) is 25.8 Å². The lowest BCUT2D eigenvalue weighted by molar-refractivity contribution is -0.141. The molecule has 2 rings (SSSR count). The molecular formula is C14H16ClNO4. The highest BCUT2D eigenvalue weighted by Gasteiger charge is 2.34. The molecule has 108 valence electrons. The zero-order valence-corrected chi connectivity index (χ0v) is 11.9. The normalized spacial score (nSPS) is 18.1. The Balaban J connectivity index is 2.21. The molecule has 1 N–H and O–H groups in total. The highest BCUT2D eigenvalue weighted by molar-refractivity contribution is 6.32. The summed E-state index contributed by atoms with van der Waals surface area (Å²) in [5.41, 5.74) is 0.381. The van der Waals surface area contributed by atoms with Crippen molar-refractivity contribution in [2.24, 2.45) is 0 Å². The predicted octanol–water partition coefficient (Wildman–Crippen LogP) is 2.43. The number of nitrogens with zero attached hydrogens (tertiary/aromatic N) is 1. The lowest BCUT2D eigenvalue weighted by Crippen LogP contribution is -2.40. The zero-order chi connectivity index (χ0) is 14.7. The van der Waals surface area contributed by atoms with Crippen molar-refractivity contribution in [3.8, 4) is 5.75 Å². The highest BCUT2D eigenvalue weighted by atomic mass is 35.5. The number of carbonyl (C=O) groups excluding carboxylic acids is 1. The fraction of sp³-hybridized carbons (Fsp3) is 0.429. The van der Waals surface area contributed by atoms with Crippen LogP contribution in [0.4, 0.5) is 0 Å². The van der Waals surface area contributed by atoms with Crippen LogP contribution >= 0.6 is 11.6 Å². The summed E-state index contributed by atoms with van der Waals surface area (Å²) in [5.74, 6) is -0.755. The van der Waals surface area contributed by atoms with Crippen LogP contribution in [0, 0.1) is 0 Å². The lowest BCUT2D eigenvalue weighted by Gasteiger charge is -2.21. The Morgan fingerprint density at radius 2 is 2.25 bits per heavy atom. The van der Waals surface area contributed by atoms with Crippen molar-refractivity contribution in [3.05, 3.63) is 28.8 Å². The van der Waals surface area contributed by atoms with Gasteiger partial charge in [-0.2, -0.15) is 0 Å². The molecule has 6 heteroatoms. The van der Waals surface area contributed by atoms with Gasteiger partial charge in [0.2, 0.25) is 0 Å². The third-order valence-electron chi connectivity index (χ3n) is 3.28. The van der Waals surface area contributed by atoms with E-state index in [9.17, 15) is 9.59 Å². The van der Waals surface area contributed by atoms with Crippen molar-refractivity contribution in [2.75, 3.05) is 13.2 Å². The third-order valence-corrected chi connectivity index (χ3v) is 3.57. The molecule has 0 saturated carbocycles. The first-order valence-electron chi connectivity index (χ1n) is 6.50. The summed E-state index contributed by atoms with van der Waals surface area (Å²) >= 11 is 6.05. The summed E-state index contributed by atoms with van der Waals surface area (Å²) in [5, 5.41) is 9.46. The van der Waals surface area contributed by atoms with Crippen LogP contribution < -0.4 is 4.74 Å². The van der Waals surface area contributed by atoms with Crippen LogP contribution in [0.5, 0.6) is 5.75 Å². The van der Waals surface area contributed by atoms with Gasteiger partial charge in [-0.25, -0.2) is 4.79 Å². The third kappa shape index (κ3) is 2.88. The second kappa shape index (κ2) is 6.13. The Hall–Kier alpha value is -1.75. The summed E-state index contributed by atoms with van der Waals surface area (Å²) in [6, 6.07) is 4.01. The van der Waals surface area contributed by atoms with Crippen molar-refractivity contribution >= 4 is 23.5 Å². The fourth-order valence-electron chi connectivity index (χ4n) is 2.34. The second-order valence-corrected chi connectivity index (χ2v) is 4.98. The number of halogens is 1. The van der Waals surface area contributed by atoms with Gasteiger partial charge in [0.05, 0.1) is 11.6 Å². The topological polar surface area (TPSA) is 66.8 Å². The number of carbonyl (C=O) groups is 2. The molecule has 1 unspecified atom stereocenters. The van der Waals surface area contributed by atoms with Gasteiger partial charge in [0.25, 0.3) is 5.91 Å². The van der Waals surface area contributed by atoms with Gasteiger partial charge in [0, 0.05) is 12.1 Å². The molecule has 1 aromatic carbocycles. The van der Waals surface area contributed by atoms with E-state index < -0.39 is 12.0 Å². The lowest BCUT2D eigenvalue weighted by atomic mass is 10.1. The van der Waals surface area contributed by atoms with E-state index in [-0.39, 0.29) is 5.91 Å². The standard InChI is InChI=1S/C14H16ClNO4/c1-2-20-12-6-5-9(8-10(12)15)13(17)16-7-3-4-11(16)14(18)19/h5-6,8,11H,2-4,7H2,1H3,(H,18,19). The molecule has 1 atom stereocenters. The molecule has 0 radical (unpaired) electrons. The Kier molecular flexibility index (Phi) is 4.49. The number of aliphatic carboxylic acids is 1. The van der Waals surface area contributed by atoms with Crippen LogP contribution in [-0.4, -0.2) is 41.1 Å². The summed E-state index contributed by atoms with van der Waals surface area (Å²) in [7, 11) is 0. The van der Waals surface area contributed by atoms with E-state index in [4.69, 9.17) is 21.4 Å². The van der Waals surface area contributed by atoms with E-state index in [1.165, 1.54) is 11.0 Å². The van der Waals surface area contributed by atoms with Crippen LogP contribution in [0.25, 0.3) is 0 Å². The maximum absolute atomic E-state index is 12.3. The molecule has 1 heterocycles. The van der Waals surface area contributed by atoms with Gasteiger partial charge in [-0.3, -0.25) is 4.79 Å². The minimum atomic E-state index is -0.965. The molecule has 1 aliphatic heterocycles. The van der Waals surface area contributed by atoms with Gasteiger partial charge in [-0.15, -0.1) is 0 Å². The second-order valence-electron chi connectivity index (χ2n) is 4.57. The van der Waals surface area contributed by atoms with E-state index in [0.29, 0.717) is 42.3 Å². The van der Waals surface area contributed by atoms with E-state index in [2.05, 4.69) is 0 Å². The average Bonchev–Trinajstić information content (AvgIpc) is 2.90. The average molecular weight is 298 g/mol. The van der Waals surface area contributed by atoms with Crippen LogP contribution in [0.2, 0.25) is 5.02 Å². The van der Waals surface area contributed by atoms with Gasteiger partial charge in [0.15, 0.2) is 0 Å². The van der Waals surface area contributed by atoms with Crippen LogP contribution in [0.1, 0.15) is 30.1 Å². The van der Waals surface area contributed by atoms with E-state index in [1.54, 1.807) is 12.1 Å². The first-order valence-corrected chi connectivity index (χ1v) is 6.88. The van der Waals surface area contributed by atoms with Crippen LogP contribution in [-0.2, 0) is 4.79 Å². The minimum absolute atomic E-state index is 0.306. The van der Waals surface area contributed by atoms with Crippen molar-refractivity contribution in [3.63, 3.8) is 0 Å². The van der Waals surface area contributed by atoms with Crippen LogP contribution in [0.3, 0.4) is 0 Å². The Labute approximate surface area is 122 Å². The largest absolute Gasteiger partial charge is 0.492 e. The van der Waals surface area contributed by atoms with E-state index in [0.717, 1.165) is 0 Å². The molecule has 1 saturated heterocycles. The summed E-state index contributed by atoms with van der Waals surface area (Å²) in [6.07, 6.45) is 1.19. The number of ether oxygens (including phenoxy) is 1. The summed E-state index contributed by atoms with van der Waals surface area (Å²) < 4.78 is 5.31. The quantitative estimate of drug-likeness (QED) is 0.927. The molecule has 0 aliphatic carbocycles. The Bertz CT molecular complexity index is 532. The van der Waals surface area contributed by atoms with Gasteiger partial charge >= 0.3 is 5.97 Å². The molecule has 0 bridgehead atoms. The molecule has 0 aromatic heterocycles. The molecule has 20 heavy (non-hydrogen) atoms. The van der Waals surface area contributed by atoms with Gasteiger partial charge in [0.1, 0.15) is 11.8 Å². The van der Waals surface area contributed by atoms with Crippen molar-refractivity contribution < 1.29 is 19.4 Å². The number of carboxylic acids is 1. The zero-order valence-electron chi connectivity index (χ0n) is 11.1. The molecule has 1 amide bonds. The molecule has 1 aliphatic rings. The molecule has 1 fully saturated rings. The first-order chi connectivity index (χ1) is 9.54. The molecule has 5 nitrogen and oxygen atoms in total. The van der Waals surface area contributed by atoms with Gasteiger partial charge in [-0.05, 0) is 38.0 Å². The smallest absolute Gasteiger partial charge is 0.326 e. The fourth-order valence-corrected chi connectivity index (χ4v) is 2.57. The van der Waals surface area contributed by atoms with Gasteiger partial charge < -0.3 is 14.7 Å². The summed E-state index contributed by atoms with van der Waals surface area (Å²) in [6.45, 7) is 2.79. The first kappa shape index (κ1) is 14.7. The van der Waals surface area contributed by atoms with E-state index in [1.807, 2.05) is 6.92 Å². The Morgan fingerprint density at radius 1 is 1.50 bits per heavy atom. The van der Waals surface area contributed by atoms with Crippen molar-refractivity contribution in [1.29, 1.82) is 0 Å². The van der Waals surface area contributed by atoms with Crippen LogP contribution in [0.15, 0.2) is 18.2 Å². The predicted molar refractivity (Wildman–Crippen MR) is 74.3 cm³/mol. The maximum Gasteiger partial charge on any atom is 0.326 e. The minimum Gasteiger partial charge on any atom is -0.492 e. The van der Waals surface area contributed by atoms with Crippen molar-refractivity contribution in [1.82, 2.24) is 4.90 Å². The number of hydrogen-bond donors (Lipinski definition) is 1. The molecule has 1 aromatic rings. The molecule has 0 spiro atoms. The SMILES string of the molecule is CCOc1ccc(C(=O)N2CCCC2C(=O)O)cc1Cl. The maximum atomic E-state index is 12.3. The number of carboxylic acid groups (broad SMARTS) is 1. The number of amides is 1. The van der Waals surface area contributed by atoms with Gasteiger partial charge in [-0.1, -0.05) is 11.6 Å². The Morgan fingerprint density at radius 3 is 2.85 bits per heavy atom. The number of benzene rings is 1. The number of rotatable bonds is 4. The number of hydrogen-bond acceptors (Lipinski definition) is 3. The molecular weight excluding hydrogens is 282 g/mol. The monoisotopic (exact) mass is 297 g/mol. The van der Waals surface area contributed by atoms with E-state index >= 15 is 0 Å². The highest BCUT2D eigenvalue weighted by Crippen LogP contribution is 2.27.